The molecule has 7 heteroatoms. The molecule has 2 aromatic rings. The van der Waals surface area contributed by atoms with Gasteiger partial charge in [0.15, 0.2) is 0 Å². The zero-order valence-corrected chi connectivity index (χ0v) is 15.6. The second-order valence-corrected chi connectivity index (χ2v) is 7.65. The van der Waals surface area contributed by atoms with Gasteiger partial charge in [0.1, 0.15) is 0 Å². The number of rotatable bonds is 4. The Morgan fingerprint density at radius 1 is 1.32 bits per heavy atom. The van der Waals surface area contributed by atoms with E-state index in [2.05, 4.69) is 34.4 Å². The van der Waals surface area contributed by atoms with E-state index in [9.17, 15) is 4.79 Å². The molecule has 1 aliphatic rings. The van der Waals surface area contributed by atoms with Gasteiger partial charge in [0, 0.05) is 24.2 Å². The Balaban J connectivity index is 1.65. The summed E-state index contributed by atoms with van der Waals surface area (Å²) < 4.78 is 5.80. The van der Waals surface area contributed by atoms with Gasteiger partial charge in [-0.1, -0.05) is 12.1 Å². The zero-order chi connectivity index (χ0) is 17.8. The van der Waals surface area contributed by atoms with Crippen molar-refractivity contribution in [2.75, 3.05) is 23.3 Å². The maximum atomic E-state index is 12.3. The Bertz CT molecular complexity index is 723. The molecule has 1 fully saturated rings. The summed E-state index contributed by atoms with van der Waals surface area (Å²) in [5.41, 5.74) is 1.83. The molecule has 2 amide bonds. The average molecular weight is 360 g/mol. The molecular weight excluding hydrogens is 336 g/mol. The SMILES string of the molecule is Cc1ncc(CNC(=O)Nc2ccccc2N2CC(C)OC(C)C2)s1. The van der Waals surface area contributed by atoms with Crippen LogP contribution in [0.1, 0.15) is 23.7 Å². The largest absolute Gasteiger partial charge is 0.372 e. The molecule has 25 heavy (non-hydrogen) atoms. The molecular formula is C18H24N4O2S. The second kappa shape index (κ2) is 7.84. The highest BCUT2D eigenvalue weighted by Crippen LogP contribution is 2.28. The number of thiazole rings is 1. The Morgan fingerprint density at radius 3 is 2.72 bits per heavy atom. The first-order valence-corrected chi connectivity index (χ1v) is 9.28. The molecule has 1 aliphatic heterocycles. The number of hydrogen-bond acceptors (Lipinski definition) is 5. The standard InChI is InChI=1S/C18H24N4O2S/c1-12-10-22(11-13(2)24-12)17-7-5-4-6-16(17)21-18(23)20-9-15-8-19-14(3)25-15/h4-8,12-13H,9-11H2,1-3H3,(H2,20,21,23). The third kappa shape index (κ3) is 4.70. The van der Waals surface area contributed by atoms with E-state index in [1.54, 1.807) is 17.5 Å². The second-order valence-electron chi connectivity index (χ2n) is 6.33. The van der Waals surface area contributed by atoms with Crippen molar-refractivity contribution in [1.82, 2.24) is 10.3 Å². The number of nitrogens with one attached hydrogen (secondary N) is 2. The third-order valence-electron chi connectivity index (χ3n) is 4.00. The van der Waals surface area contributed by atoms with Crippen molar-refractivity contribution in [2.45, 2.75) is 39.5 Å². The molecule has 1 saturated heterocycles. The van der Waals surface area contributed by atoms with Crippen LogP contribution in [0.15, 0.2) is 30.5 Å². The molecule has 1 aromatic carbocycles. The number of amides is 2. The van der Waals surface area contributed by atoms with Crippen molar-refractivity contribution >= 4 is 28.7 Å². The van der Waals surface area contributed by atoms with E-state index in [1.807, 2.05) is 31.2 Å². The van der Waals surface area contributed by atoms with Crippen molar-refractivity contribution in [1.29, 1.82) is 0 Å². The minimum absolute atomic E-state index is 0.167. The number of ether oxygens (including phenoxy) is 1. The number of anilines is 2. The molecule has 2 unspecified atom stereocenters. The van der Waals surface area contributed by atoms with Crippen LogP contribution in [0, 0.1) is 6.92 Å². The van der Waals surface area contributed by atoms with E-state index in [4.69, 9.17) is 4.74 Å². The minimum Gasteiger partial charge on any atom is -0.372 e. The lowest BCUT2D eigenvalue weighted by Crippen LogP contribution is -2.45. The van der Waals surface area contributed by atoms with Gasteiger partial charge in [-0.3, -0.25) is 0 Å². The summed E-state index contributed by atoms with van der Waals surface area (Å²) in [5, 5.41) is 6.85. The third-order valence-corrected chi connectivity index (χ3v) is 4.92. The van der Waals surface area contributed by atoms with Crippen molar-refractivity contribution in [3.63, 3.8) is 0 Å². The van der Waals surface area contributed by atoms with Crippen LogP contribution in [0.5, 0.6) is 0 Å². The lowest BCUT2D eigenvalue weighted by Gasteiger charge is -2.37. The van der Waals surface area contributed by atoms with Gasteiger partial charge in [0.05, 0.1) is 35.1 Å². The van der Waals surface area contributed by atoms with Gasteiger partial charge in [0.2, 0.25) is 0 Å². The summed E-state index contributed by atoms with van der Waals surface area (Å²) in [7, 11) is 0. The molecule has 2 heterocycles. The van der Waals surface area contributed by atoms with E-state index in [0.29, 0.717) is 6.54 Å². The zero-order valence-electron chi connectivity index (χ0n) is 14.8. The van der Waals surface area contributed by atoms with E-state index in [-0.39, 0.29) is 18.2 Å². The van der Waals surface area contributed by atoms with Gasteiger partial charge in [0.25, 0.3) is 0 Å². The Hall–Kier alpha value is -2.12. The van der Waals surface area contributed by atoms with E-state index >= 15 is 0 Å². The molecule has 6 nitrogen and oxygen atoms in total. The Morgan fingerprint density at radius 2 is 2.04 bits per heavy atom. The van der Waals surface area contributed by atoms with Gasteiger partial charge >= 0.3 is 6.03 Å². The lowest BCUT2D eigenvalue weighted by atomic mass is 10.1. The monoisotopic (exact) mass is 360 g/mol. The van der Waals surface area contributed by atoms with Gasteiger partial charge in [-0.05, 0) is 32.9 Å². The summed E-state index contributed by atoms with van der Waals surface area (Å²) in [5.74, 6) is 0. The number of hydrogen-bond donors (Lipinski definition) is 2. The Labute approximate surface area is 152 Å². The van der Waals surface area contributed by atoms with Gasteiger partial charge < -0.3 is 20.3 Å². The topological polar surface area (TPSA) is 66.5 Å². The Kier molecular flexibility index (Phi) is 5.55. The van der Waals surface area contributed by atoms with Crippen LogP contribution in [0.4, 0.5) is 16.2 Å². The molecule has 0 spiro atoms. The molecule has 2 N–H and O–H groups in total. The molecule has 134 valence electrons. The number of nitrogens with zero attached hydrogens (tertiary/aromatic N) is 2. The van der Waals surface area contributed by atoms with Gasteiger partial charge in [-0.2, -0.15) is 0 Å². The van der Waals surface area contributed by atoms with E-state index in [0.717, 1.165) is 34.3 Å². The molecule has 1 aromatic heterocycles. The quantitative estimate of drug-likeness (QED) is 0.877. The first kappa shape index (κ1) is 17.7. The van der Waals surface area contributed by atoms with Crippen molar-refractivity contribution in [3.05, 3.63) is 40.3 Å². The number of morpholine rings is 1. The van der Waals surface area contributed by atoms with Crippen LogP contribution < -0.4 is 15.5 Å². The highest BCUT2D eigenvalue weighted by Gasteiger charge is 2.24. The predicted molar refractivity (Wildman–Crippen MR) is 101 cm³/mol. The molecule has 0 bridgehead atoms. The number of carbonyl (C=O) groups excluding carboxylic acids is 1. The average Bonchev–Trinajstić information content (AvgIpc) is 2.98. The fourth-order valence-corrected chi connectivity index (χ4v) is 3.79. The summed E-state index contributed by atoms with van der Waals surface area (Å²) in [4.78, 5) is 19.8. The number of aromatic nitrogens is 1. The van der Waals surface area contributed by atoms with Crippen LogP contribution in [0.2, 0.25) is 0 Å². The van der Waals surface area contributed by atoms with Crippen LogP contribution in [-0.2, 0) is 11.3 Å². The molecule has 0 saturated carbocycles. The molecule has 0 radical (unpaired) electrons. The van der Waals surface area contributed by atoms with E-state index < -0.39 is 0 Å². The fourth-order valence-electron chi connectivity index (χ4n) is 3.05. The molecule has 0 aliphatic carbocycles. The van der Waals surface area contributed by atoms with Gasteiger partial charge in [-0.25, -0.2) is 9.78 Å². The molecule has 3 rings (SSSR count). The molecule has 2 atom stereocenters. The maximum absolute atomic E-state index is 12.3. The highest BCUT2D eigenvalue weighted by atomic mass is 32.1. The highest BCUT2D eigenvalue weighted by molar-refractivity contribution is 7.11. The number of aryl methyl sites for hydroxylation is 1. The van der Waals surface area contributed by atoms with E-state index in [1.165, 1.54) is 0 Å². The van der Waals surface area contributed by atoms with Crippen LogP contribution in [-0.4, -0.2) is 36.3 Å². The first-order valence-electron chi connectivity index (χ1n) is 8.47. The van der Waals surface area contributed by atoms with Crippen LogP contribution in [0.25, 0.3) is 0 Å². The summed E-state index contributed by atoms with van der Waals surface area (Å²) in [6.07, 6.45) is 2.13. The van der Waals surface area contributed by atoms with Crippen molar-refractivity contribution in [3.8, 4) is 0 Å². The lowest BCUT2D eigenvalue weighted by molar-refractivity contribution is -0.00517. The first-order chi connectivity index (χ1) is 12.0. The summed E-state index contributed by atoms with van der Waals surface area (Å²) in [6.45, 7) is 8.19. The minimum atomic E-state index is -0.215. The smallest absolute Gasteiger partial charge is 0.319 e. The van der Waals surface area contributed by atoms with Crippen LogP contribution >= 0.6 is 11.3 Å². The van der Waals surface area contributed by atoms with Crippen molar-refractivity contribution < 1.29 is 9.53 Å². The van der Waals surface area contributed by atoms with Crippen LogP contribution in [0.3, 0.4) is 0 Å². The number of benzene rings is 1. The van der Waals surface area contributed by atoms with Crippen molar-refractivity contribution in [2.24, 2.45) is 0 Å². The number of urea groups is 1. The number of carbonyl (C=O) groups is 1. The normalized spacial score (nSPS) is 20.4. The van der Waals surface area contributed by atoms with Gasteiger partial charge in [-0.15, -0.1) is 11.3 Å². The summed E-state index contributed by atoms with van der Waals surface area (Å²) >= 11 is 1.59. The summed E-state index contributed by atoms with van der Waals surface area (Å²) in [6, 6.07) is 7.67. The fraction of sp³-hybridized carbons (Fsp3) is 0.444. The maximum Gasteiger partial charge on any atom is 0.319 e. The number of para-hydroxylation sites is 2. The predicted octanol–water partition coefficient (Wildman–Crippen LogP) is 3.39.